The molecule has 0 saturated carbocycles. The molecule has 0 unspecified atom stereocenters. The minimum Gasteiger partial charge on any atom is -0.324 e. The van der Waals surface area contributed by atoms with Gasteiger partial charge in [-0.1, -0.05) is 25.2 Å². The quantitative estimate of drug-likeness (QED) is 0.618. The highest BCUT2D eigenvalue weighted by Crippen LogP contribution is 2.28. The molecule has 0 spiro atoms. The van der Waals surface area contributed by atoms with Gasteiger partial charge in [-0.05, 0) is 17.9 Å². The summed E-state index contributed by atoms with van der Waals surface area (Å²) < 4.78 is 0. The van der Waals surface area contributed by atoms with E-state index in [9.17, 15) is 10.1 Å². The van der Waals surface area contributed by atoms with E-state index in [-0.39, 0.29) is 16.0 Å². The summed E-state index contributed by atoms with van der Waals surface area (Å²) in [6.07, 6.45) is 0.855. The van der Waals surface area contributed by atoms with Crippen molar-refractivity contribution in [3.8, 4) is 0 Å². The fourth-order valence-corrected chi connectivity index (χ4v) is 2.06. The number of hydrogen-bond acceptors (Lipinski definition) is 4. The second kappa shape index (κ2) is 4.52. The Morgan fingerprint density at radius 3 is 2.71 bits per heavy atom. The molecule has 1 aromatic rings. The van der Waals surface area contributed by atoms with Gasteiger partial charge in [0.1, 0.15) is 0 Å². The Morgan fingerprint density at radius 1 is 1.64 bits per heavy atom. The van der Waals surface area contributed by atoms with Gasteiger partial charge >= 0.3 is 5.00 Å². The highest BCUT2D eigenvalue weighted by atomic mass is 32.1. The zero-order valence-electron chi connectivity index (χ0n) is 8.27. The first-order chi connectivity index (χ1) is 6.50. The van der Waals surface area contributed by atoms with E-state index in [1.165, 1.54) is 0 Å². The van der Waals surface area contributed by atoms with Crippen LogP contribution in [0.25, 0.3) is 0 Å². The molecule has 0 saturated heterocycles. The summed E-state index contributed by atoms with van der Waals surface area (Å²) in [5, 5.41) is 12.4. The van der Waals surface area contributed by atoms with Crippen molar-refractivity contribution in [2.45, 2.75) is 26.3 Å². The van der Waals surface area contributed by atoms with Crippen LogP contribution in [0.3, 0.4) is 0 Å². The third-order valence-corrected chi connectivity index (χ3v) is 2.84. The first-order valence-corrected chi connectivity index (χ1v) is 5.37. The van der Waals surface area contributed by atoms with E-state index >= 15 is 0 Å². The Bertz CT molecular complexity index is 322. The van der Waals surface area contributed by atoms with Crippen LogP contribution in [0.5, 0.6) is 0 Å². The van der Waals surface area contributed by atoms with Gasteiger partial charge in [0.25, 0.3) is 0 Å². The maximum Gasteiger partial charge on any atom is 0.324 e. The minimum atomic E-state index is -0.379. The Hall–Kier alpha value is -0.940. The molecule has 0 aliphatic heterocycles. The zero-order chi connectivity index (χ0) is 10.7. The summed E-state index contributed by atoms with van der Waals surface area (Å²) in [6, 6.07) is 1.48. The summed E-state index contributed by atoms with van der Waals surface area (Å²) in [5.74, 6) is 0.504. The van der Waals surface area contributed by atoms with Crippen LogP contribution in [-0.4, -0.2) is 4.92 Å². The lowest BCUT2D eigenvalue weighted by Crippen LogP contribution is -2.11. The lowest BCUT2D eigenvalue weighted by atomic mass is 10.0. The van der Waals surface area contributed by atoms with Crippen LogP contribution in [-0.2, 0) is 0 Å². The third kappa shape index (κ3) is 2.78. The van der Waals surface area contributed by atoms with Crippen LogP contribution in [0.4, 0.5) is 5.00 Å². The average Bonchev–Trinajstić information content (AvgIpc) is 2.50. The van der Waals surface area contributed by atoms with E-state index in [1.54, 1.807) is 11.4 Å². The van der Waals surface area contributed by atoms with Gasteiger partial charge in [-0.2, -0.15) is 0 Å². The van der Waals surface area contributed by atoms with Gasteiger partial charge < -0.3 is 5.73 Å². The van der Waals surface area contributed by atoms with Gasteiger partial charge in [-0.3, -0.25) is 10.1 Å². The molecule has 0 aromatic carbocycles. The maximum atomic E-state index is 10.4. The fourth-order valence-electron chi connectivity index (χ4n) is 1.27. The van der Waals surface area contributed by atoms with Crippen molar-refractivity contribution in [3.05, 3.63) is 27.1 Å². The summed E-state index contributed by atoms with van der Waals surface area (Å²) in [4.78, 5) is 10.1. The first-order valence-electron chi connectivity index (χ1n) is 4.49. The van der Waals surface area contributed by atoms with Crippen LogP contribution in [0.15, 0.2) is 11.4 Å². The molecule has 0 aliphatic carbocycles. The molecule has 0 aliphatic rings. The molecular formula is C9H14N2O2S. The molecule has 1 aromatic heterocycles. The second-order valence-corrected chi connectivity index (χ2v) is 4.60. The van der Waals surface area contributed by atoms with Crippen molar-refractivity contribution in [1.82, 2.24) is 0 Å². The first kappa shape index (κ1) is 11.1. The minimum absolute atomic E-state index is 0.0834. The third-order valence-electron chi connectivity index (χ3n) is 1.94. The van der Waals surface area contributed by atoms with Gasteiger partial charge in [0.15, 0.2) is 0 Å². The SMILES string of the molecule is CC(C)C[C@H](N)c1csc([N+](=O)[O-])c1. The molecule has 78 valence electrons. The van der Waals surface area contributed by atoms with Gasteiger partial charge in [0.2, 0.25) is 0 Å². The standard InChI is InChI=1S/C9H14N2O2S/c1-6(2)3-8(10)7-4-9(11(12)13)14-5-7/h4-6,8H,3,10H2,1-2H3/t8-/m0/s1. The molecule has 0 radical (unpaired) electrons. The molecule has 0 amide bonds. The number of hydrogen-bond donors (Lipinski definition) is 1. The molecule has 0 fully saturated rings. The molecular weight excluding hydrogens is 200 g/mol. The van der Waals surface area contributed by atoms with Crippen molar-refractivity contribution in [1.29, 1.82) is 0 Å². The lowest BCUT2D eigenvalue weighted by molar-refractivity contribution is -0.380. The molecule has 14 heavy (non-hydrogen) atoms. The number of rotatable bonds is 4. The van der Waals surface area contributed by atoms with Gasteiger partial charge in [-0.25, -0.2) is 0 Å². The fraction of sp³-hybridized carbons (Fsp3) is 0.556. The van der Waals surface area contributed by atoms with E-state index in [1.807, 2.05) is 0 Å². The predicted octanol–water partition coefficient (Wildman–Crippen LogP) is 2.70. The van der Waals surface area contributed by atoms with Gasteiger partial charge in [-0.15, -0.1) is 0 Å². The second-order valence-electron chi connectivity index (χ2n) is 3.71. The summed E-state index contributed by atoms with van der Waals surface area (Å²) in [6.45, 7) is 4.17. The van der Waals surface area contributed by atoms with E-state index in [4.69, 9.17) is 5.73 Å². The van der Waals surface area contributed by atoms with E-state index in [0.29, 0.717) is 5.92 Å². The average molecular weight is 214 g/mol. The van der Waals surface area contributed by atoms with Crippen LogP contribution >= 0.6 is 11.3 Å². The number of nitrogens with zero attached hydrogens (tertiary/aromatic N) is 1. The summed E-state index contributed by atoms with van der Waals surface area (Å²) >= 11 is 1.13. The van der Waals surface area contributed by atoms with E-state index in [0.717, 1.165) is 23.3 Å². The van der Waals surface area contributed by atoms with Crippen LogP contribution in [0.2, 0.25) is 0 Å². The molecule has 1 atom stereocenters. The van der Waals surface area contributed by atoms with Gasteiger partial charge in [0.05, 0.1) is 4.92 Å². The van der Waals surface area contributed by atoms with E-state index in [2.05, 4.69) is 13.8 Å². The maximum absolute atomic E-state index is 10.4. The summed E-state index contributed by atoms with van der Waals surface area (Å²) in [5.41, 5.74) is 6.76. The van der Waals surface area contributed by atoms with Crippen molar-refractivity contribution in [2.75, 3.05) is 0 Å². The van der Waals surface area contributed by atoms with Crippen LogP contribution in [0, 0.1) is 16.0 Å². The van der Waals surface area contributed by atoms with Crippen molar-refractivity contribution in [3.63, 3.8) is 0 Å². The summed E-state index contributed by atoms with van der Waals surface area (Å²) in [7, 11) is 0. The van der Waals surface area contributed by atoms with Crippen LogP contribution in [0.1, 0.15) is 31.9 Å². The van der Waals surface area contributed by atoms with Crippen molar-refractivity contribution < 1.29 is 4.92 Å². The Balaban J connectivity index is 2.71. The van der Waals surface area contributed by atoms with Gasteiger partial charge in [0, 0.05) is 17.5 Å². The predicted molar refractivity (Wildman–Crippen MR) is 57.4 cm³/mol. The zero-order valence-corrected chi connectivity index (χ0v) is 9.08. The highest BCUT2D eigenvalue weighted by Gasteiger charge is 2.15. The van der Waals surface area contributed by atoms with Crippen molar-refractivity contribution in [2.24, 2.45) is 11.7 Å². The Labute approximate surface area is 86.9 Å². The smallest absolute Gasteiger partial charge is 0.324 e. The lowest BCUT2D eigenvalue weighted by Gasteiger charge is -2.11. The molecule has 1 heterocycles. The molecule has 5 heteroatoms. The molecule has 0 bridgehead atoms. The van der Waals surface area contributed by atoms with E-state index < -0.39 is 0 Å². The van der Waals surface area contributed by atoms with Crippen LogP contribution < -0.4 is 5.73 Å². The highest BCUT2D eigenvalue weighted by molar-refractivity contribution is 7.13. The largest absolute Gasteiger partial charge is 0.324 e. The number of nitro groups is 1. The topological polar surface area (TPSA) is 69.2 Å². The molecule has 1 rings (SSSR count). The normalized spacial score (nSPS) is 13.1. The monoisotopic (exact) mass is 214 g/mol. The Morgan fingerprint density at radius 2 is 2.29 bits per heavy atom. The Kier molecular flexibility index (Phi) is 3.60. The number of thiophene rings is 1. The molecule has 2 N–H and O–H groups in total. The van der Waals surface area contributed by atoms with Crippen molar-refractivity contribution >= 4 is 16.3 Å². The molecule has 4 nitrogen and oxygen atoms in total. The number of nitrogens with two attached hydrogens (primary N) is 1.